The number of primary amides is 1. The molecule has 0 bridgehead atoms. The molecule has 0 aliphatic carbocycles. The van der Waals surface area contributed by atoms with Crippen LogP contribution in [0.4, 0.5) is 11.6 Å². The predicted octanol–water partition coefficient (Wildman–Crippen LogP) is 0.0422. The molecule has 2 heterocycles. The van der Waals surface area contributed by atoms with Gasteiger partial charge in [-0.1, -0.05) is 0 Å². The zero-order valence-electron chi connectivity index (χ0n) is 7.64. The molecule has 0 fully saturated rings. The molecule has 0 aromatic carbocycles. The van der Waals surface area contributed by atoms with Gasteiger partial charge >= 0.3 is 0 Å². The normalized spacial score (nSPS) is 9.87. The van der Waals surface area contributed by atoms with Gasteiger partial charge in [0.05, 0.1) is 6.20 Å². The Balaban J connectivity index is 2.25. The maximum Gasteiger partial charge on any atom is 0.254 e. The Bertz CT molecular complexity index is 465. The molecule has 0 atom stereocenters. The lowest BCUT2D eigenvalue weighted by molar-refractivity contribution is 0.100. The first-order chi connectivity index (χ1) is 7.27. The second kappa shape index (κ2) is 3.74. The number of hydrogen-bond acceptors (Lipinski definition) is 5. The number of carbonyl (C=O) groups is 1. The molecular weight excluding hydrogens is 196 g/mol. The van der Waals surface area contributed by atoms with Crippen LogP contribution in [0.25, 0.3) is 0 Å². The number of nitrogens with two attached hydrogens (primary N) is 1. The van der Waals surface area contributed by atoms with Gasteiger partial charge < -0.3 is 11.1 Å². The Kier molecular flexibility index (Phi) is 2.28. The number of aromatic amines is 1. The summed E-state index contributed by atoms with van der Waals surface area (Å²) < 4.78 is 0. The van der Waals surface area contributed by atoms with Gasteiger partial charge in [-0.2, -0.15) is 5.10 Å². The first kappa shape index (κ1) is 9.13. The molecule has 0 aliphatic rings. The van der Waals surface area contributed by atoms with Gasteiger partial charge in [0.25, 0.3) is 5.91 Å². The fraction of sp³-hybridized carbons (Fsp3) is 0. The van der Waals surface area contributed by atoms with E-state index in [-0.39, 0.29) is 5.56 Å². The summed E-state index contributed by atoms with van der Waals surface area (Å²) in [6.45, 7) is 0. The average Bonchev–Trinajstić information content (AvgIpc) is 2.67. The van der Waals surface area contributed by atoms with Gasteiger partial charge in [0, 0.05) is 6.20 Å². The van der Waals surface area contributed by atoms with E-state index in [9.17, 15) is 4.79 Å². The fourth-order valence-electron chi connectivity index (χ4n) is 1.06. The van der Waals surface area contributed by atoms with Crippen LogP contribution in [0.2, 0.25) is 0 Å². The summed E-state index contributed by atoms with van der Waals surface area (Å²) in [5.74, 6) is 0.415. The van der Waals surface area contributed by atoms with Crippen molar-refractivity contribution in [3.63, 3.8) is 0 Å². The summed E-state index contributed by atoms with van der Waals surface area (Å²) in [5, 5.41) is 9.18. The molecular formula is C8H8N6O. The minimum absolute atomic E-state index is 0.286. The highest BCUT2D eigenvalue weighted by atomic mass is 16.1. The third-order valence-electron chi connectivity index (χ3n) is 1.74. The van der Waals surface area contributed by atoms with Gasteiger partial charge in [0.15, 0.2) is 0 Å². The molecule has 15 heavy (non-hydrogen) atoms. The van der Waals surface area contributed by atoms with E-state index in [1.165, 1.54) is 12.5 Å². The van der Waals surface area contributed by atoms with Crippen LogP contribution in [0.15, 0.2) is 24.8 Å². The van der Waals surface area contributed by atoms with E-state index >= 15 is 0 Å². The van der Waals surface area contributed by atoms with Crippen molar-refractivity contribution >= 4 is 17.5 Å². The molecule has 0 radical (unpaired) electrons. The third-order valence-corrected chi connectivity index (χ3v) is 1.74. The molecule has 7 heteroatoms. The lowest BCUT2D eigenvalue weighted by Gasteiger charge is -2.02. The highest BCUT2D eigenvalue weighted by Gasteiger charge is 2.10. The number of carbonyl (C=O) groups excluding carboxylic acids is 1. The van der Waals surface area contributed by atoms with Gasteiger partial charge in [-0.15, -0.1) is 0 Å². The molecule has 2 aromatic rings. The van der Waals surface area contributed by atoms with E-state index in [0.717, 1.165) is 0 Å². The summed E-state index contributed by atoms with van der Waals surface area (Å²) in [6, 6.07) is 1.66. The Hall–Kier alpha value is -2.44. The van der Waals surface area contributed by atoms with Crippen molar-refractivity contribution in [1.29, 1.82) is 0 Å². The van der Waals surface area contributed by atoms with Crippen molar-refractivity contribution in [1.82, 2.24) is 20.2 Å². The maximum atomic E-state index is 11.0. The van der Waals surface area contributed by atoms with Crippen LogP contribution in [0, 0.1) is 0 Å². The smallest absolute Gasteiger partial charge is 0.254 e. The molecule has 0 saturated heterocycles. The van der Waals surface area contributed by atoms with E-state index in [1.807, 2.05) is 0 Å². The zero-order chi connectivity index (χ0) is 10.7. The topological polar surface area (TPSA) is 110 Å². The van der Waals surface area contributed by atoms with Crippen LogP contribution in [-0.2, 0) is 0 Å². The van der Waals surface area contributed by atoms with Crippen molar-refractivity contribution in [3.8, 4) is 0 Å². The number of rotatable bonds is 3. The Morgan fingerprint density at radius 1 is 1.53 bits per heavy atom. The highest BCUT2D eigenvalue weighted by Crippen LogP contribution is 2.14. The molecule has 4 N–H and O–H groups in total. The van der Waals surface area contributed by atoms with Gasteiger partial charge in [-0.3, -0.25) is 9.89 Å². The molecule has 0 aliphatic heterocycles. The number of amides is 1. The molecule has 0 spiro atoms. The number of H-pyrrole nitrogens is 1. The number of anilines is 2. The second-order valence-corrected chi connectivity index (χ2v) is 2.74. The highest BCUT2D eigenvalue weighted by molar-refractivity contribution is 5.97. The number of nitrogens with one attached hydrogen (secondary N) is 2. The molecule has 2 rings (SSSR count). The van der Waals surface area contributed by atoms with E-state index < -0.39 is 5.91 Å². The Morgan fingerprint density at radius 2 is 2.40 bits per heavy atom. The minimum atomic E-state index is -0.555. The van der Waals surface area contributed by atoms with Gasteiger partial charge in [0.1, 0.15) is 23.5 Å². The van der Waals surface area contributed by atoms with Crippen LogP contribution in [-0.4, -0.2) is 26.1 Å². The van der Waals surface area contributed by atoms with Crippen LogP contribution in [0.1, 0.15) is 10.4 Å². The maximum absolute atomic E-state index is 11.0. The predicted molar refractivity (Wildman–Crippen MR) is 52.4 cm³/mol. The number of aromatic nitrogens is 4. The first-order valence-corrected chi connectivity index (χ1v) is 4.13. The fourth-order valence-corrected chi connectivity index (χ4v) is 1.06. The molecule has 7 nitrogen and oxygen atoms in total. The first-order valence-electron chi connectivity index (χ1n) is 4.13. The summed E-state index contributed by atoms with van der Waals surface area (Å²) in [4.78, 5) is 18.7. The van der Waals surface area contributed by atoms with Crippen LogP contribution >= 0.6 is 0 Å². The van der Waals surface area contributed by atoms with Crippen molar-refractivity contribution < 1.29 is 4.79 Å². The third kappa shape index (κ3) is 1.90. The molecule has 1 amide bonds. The minimum Gasteiger partial charge on any atom is -0.365 e. The molecule has 0 saturated carbocycles. The van der Waals surface area contributed by atoms with E-state index in [2.05, 4.69) is 25.5 Å². The lowest BCUT2D eigenvalue weighted by atomic mass is 10.3. The Morgan fingerprint density at radius 3 is 3.07 bits per heavy atom. The number of nitrogens with zero attached hydrogens (tertiary/aromatic N) is 3. The van der Waals surface area contributed by atoms with Gasteiger partial charge in [0.2, 0.25) is 0 Å². The second-order valence-electron chi connectivity index (χ2n) is 2.74. The van der Waals surface area contributed by atoms with Crippen molar-refractivity contribution in [3.05, 3.63) is 30.4 Å². The van der Waals surface area contributed by atoms with Crippen molar-refractivity contribution in [2.75, 3.05) is 5.32 Å². The van der Waals surface area contributed by atoms with Gasteiger partial charge in [-0.25, -0.2) is 9.97 Å². The van der Waals surface area contributed by atoms with E-state index in [0.29, 0.717) is 11.6 Å². The van der Waals surface area contributed by atoms with Crippen LogP contribution in [0.5, 0.6) is 0 Å². The molecule has 76 valence electrons. The quantitative estimate of drug-likeness (QED) is 0.654. The standard InChI is InChI=1S/C8H8N6O/c9-7(15)5-3-12-14-8(5)13-6-1-2-10-4-11-6/h1-4H,(H2,9,15)(H2,10,11,12,13,14). The Labute approximate surface area is 84.7 Å². The van der Waals surface area contributed by atoms with Crippen LogP contribution < -0.4 is 11.1 Å². The van der Waals surface area contributed by atoms with Crippen molar-refractivity contribution in [2.45, 2.75) is 0 Å². The summed E-state index contributed by atoms with van der Waals surface area (Å²) in [6.07, 6.45) is 4.32. The summed E-state index contributed by atoms with van der Waals surface area (Å²) in [5.41, 5.74) is 5.43. The van der Waals surface area contributed by atoms with Crippen LogP contribution in [0.3, 0.4) is 0 Å². The lowest BCUT2D eigenvalue weighted by Crippen LogP contribution is -2.12. The zero-order valence-corrected chi connectivity index (χ0v) is 7.64. The van der Waals surface area contributed by atoms with Crippen molar-refractivity contribution in [2.24, 2.45) is 5.73 Å². The summed E-state index contributed by atoms with van der Waals surface area (Å²) in [7, 11) is 0. The number of hydrogen-bond donors (Lipinski definition) is 3. The van der Waals surface area contributed by atoms with E-state index in [4.69, 9.17) is 5.73 Å². The van der Waals surface area contributed by atoms with Gasteiger partial charge in [-0.05, 0) is 6.07 Å². The molecule has 0 unspecified atom stereocenters. The van der Waals surface area contributed by atoms with E-state index in [1.54, 1.807) is 12.3 Å². The summed E-state index contributed by atoms with van der Waals surface area (Å²) >= 11 is 0. The molecule has 2 aromatic heterocycles. The average molecular weight is 204 g/mol. The largest absolute Gasteiger partial charge is 0.365 e. The SMILES string of the molecule is NC(=O)c1cn[nH]c1Nc1ccncn1. The monoisotopic (exact) mass is 204 g/mol.